The van der Waals surface area contributed by atoms with Crippen molar-refractivity contribution in [3.05, 3.63) is 24.2 Å². The summed E-state index contributed by atoms with van der Waals surface area (Å²) < 4.78 is 5.63. The summed E-state index contributed by atoms with van der Waals surface area (Å²) in [7, 11) is 1.81. The van der Waals surface area contributed by atoms with E-state index in [1.54, 1.807) is 6.26 Å². The highest BCUT2D eigenvalue weighted by atomic mass is 127. The minimum Gasteiger partial charge on any atom is -0.468 e. The number of hydrogen-bond acceptors (Lipinski definition) is 3. The van der Waals surface area contributed by atoms with Crippen molar-refractivity contribution in [2.45, 2.75) is 32.7 Å². The van der Waals surface area contributed by atoms with E-state index in [1.165, 1.54) is 12.8 Å². The van der Waals surface area contributed by atoms with Crippen LogP contribution in [0.25, 0.3) is 0 Å². The molecule has 0 spiro atoms. The monoisotopic (exact) mass is 420 g/mol. The van der Waals surface area contributed by atoms with Crippen molar-refractivity contribution in [3.63, 3.8) is 0 Å². The average Bonchev–Trinajstić information content (AvgIpc) is 3.15. The Labute approximate surface area is 150 Å². The maximum atomic E-state index is 5.63. The third-order valence-electron chi connectivity index (χ3n) is 3.82. The summed E-state index contributed by atoms with van der Waals surface area (Å²) in [6.45, 7) is 8.41. The van der Waals surface area contributed by atoms with Crippen LogP contribution in [0, 0.1) is 5.92 Å². The number of hydrogen-bond donors (Lipinski definition) is 2. The summed E-state index contributed by atoms with van der Waals surface area (Å²) in [5, 5.41) is 6.78. The summed E-state index contributed by atoms with van der Waals surface area (Å²) in [4.78, 5) is 6.77. The van der Waals surface area contributed by atoms with Gasteiger partial charge < -0.3 is 15.1 Å². The number of furan rings is 1. The largest absolute Gasteiger partial charge is 0.468 e. The van der Waals surface area contributed by atoms with Crippen LogP contribution in [0.5, 0.6) is 0 Å². The van der Waals surface area contributed by atoms with Crippen molar-refractivity contribution in [1.29, 1.82) is 0 Å². The SMILES string of the molecule is CN=C(NCC(C)C)NCC(c1ccco1)N1CCCC1.I. The molecule has 5 nitrogen and oxygen atoms in total. The lowest BCUT2D eigenvalue weighted by Gasteiger charge is -2.26. The molecule has 126 valence electrons. The van der Waals surface area contributed by atoms with Crippen molar-refractivity contribution in [1.82, 2.24) is 15.5 Å². The Bertz CT molecular complexity index is 427. The molecule has 1 unspecified atom stereocenters. The molecule has 2 rings (SSSR count). The van der Waals surface area contributed by atoms with E-state index in [-0.39, 0.29) is 30.0 Å². The molecule has 2 N–H and O–H groups in total. The molecule has 0 aliphatic carbocycles. The van der Waals surface area contributed by atoms with Crippen molar-refractivity contribution in [2.75, 3.05) is 33.2 Å². The van der Waals surface area contributed by atoms with E-state index in [0.717, 1.165) is 37.9 Å². The van der Waals surface area contributed by atoms with E-state index in [0.29, 0.717) is 5.92 Å². The minimum absolute atomic E-state index is 0. The molecule has 6 heteroatoms. The van der Waals surface area contributed by atoms with Gasteiger partial charge in [0.05, 0.1) is 12.3 Å². The van der Waals surface area contributed by atoms with Gasteiger partial charge >= 0.3 is 0 Å². The van der Waals surface area contributed by atoms with Crippen molar-refractivity contribution < 1.29 is 4.42 Å². The minimum atomic E-state index is 0. The highest BCUT2D eigenvalue weighted by Gasteiger charge is 2.25. The number of aliphatic imine (C=N–C) groups is 1. The predicted octanol–water partition coefficient (Wildman–Crippen LogP) is 2.86. The lowest BCUT2D eigenvalue weighted by Crippen LogP contribution is -2.43. The Morgan fingerprint density at radius 3 is 2.50 bits per heavy atom. The number of nitrogens with zero attached hydrogens (tertiary/aromatic N) is 2. The van der Waals surface area contributed by atoms with E-state index in [1.807, 2.05) is 13.1 Å². The maximum Gasteiger partial charge on any atom is 0.191 e. The van der Waals surface area contributed by atoms with Crippen LogP contribution in [-0.2, 0) is 0 Å². The molecule has 0 radical (unpaired) electrons. The van der Waals surface area contributed by atoms with Crippen molar-refractivity contribution >= 4 is 29.9 Å². The number of rotatable bonds is 6. The highest BCUT2D eigenvalue weighted by molar-refractivity contribution is 14.0. The number of likely N-dealkylation sites (tertiary alicyclic amines) is 1. The first-order valence-electron chi connectivity index (χ1n) is 7.92. The Morgan fingerprint density at radius 2 is 1.95 bits per heavy atom. The summed E-state index contributed by atoms with van der Waals surface area (Å²) in [6.07, 6.45) is 4.30. The Hall–Kier alpha value is -0.760. The van der Waals surface area contributed by atoms with E-state index in [9.17, 15) is 0 Å². The topological polar surface area (TPSA) is 52.8 Å². The molecule has 22 heavy (non-hydrogen) atoms. The smallest absolute Gasteiger partial charge is 0.191 e. The Balaban J connectivity index is 0.00000242. The highest BCUT2D eigenvalue weighted by Crippen LogP contribution is 2.24. The van der Waals surface area contributed by atoms with Gasteiger partial charge in [0, 0.05) is 20.1 Å². The molecule has 0 aromatic carbocycles. The number of nitrogens with one attached hydrogen (secondary N) is 2. The molecule has 1 aliphatic heterocycles. The lowest BCUT2D eigenvalue weighted by atomic mass is 10.2. The standard InChI is InChI=1S/C16H28N4O.HI/c1-13(2)11-18-16(17-3)19-12-14(15-7-6-10-21-15)20-8-4-5-9-20;/h6-7,10,13-14H,4-5,8-9,11-12H2,1-3H3,(H2,17,18,19);1H. The molecular formula is C16H29IN4O. The molecule has 2 heterocycles. The molecule has 1 aromatic rings. The third kappa shape index (κ3) is 5.79. The van der Waals surface area contributed by atoms with Crippen molar-refractivity contribution in [2.24, 2.45) is 10.9 Å². The zero-order valence-electron chi connectivity index (χ0n) is 13.8. The van der Waals surface area contributed by atoms with E-state index >= 15 is 0 Å². The van der Waals surface area contributed by atoms with Crippen LogP contribution in [0.2, 0.25) is 0 Å². The van der Waals surface area contributed by atoms with E-state index < -0.39 is 0 Å². The van der Waals surface area contributed by atoms with Crippen LogP contribution in [0.15, 0.2) is 27.8 Å². The molecule has 1 saturated heterocycles. The summed E-state index contributed by atoms with van der Waals surface area (Å²) in [5.41, 5.74) is 0. The molecule has 1 aliphatic rings. The van der Waals surface area contributed by atoms with Gasteiger partial charge in [-0.25, -0.2) is 0 Å². The molecule has 1 fully saturated rings. The maximum absolute atomic E-state index is 5.63. The van der Waals surface area contributed by atoms with Crippen LogP contribution in [0.4, 0.5) is 0 Å². The normalized spacial score (nSPS) is 17.4. The van der Waals surface area contributed by atoms with Gasteiger partial charge in [-0.2, -0.15) is 0 Å². The van der Waals surface area contributed by atoms with Crippen molar-refractivity contribution in [3.8, 4) is 0 Å². The fraction of sp³-hybridized carbons (Fsp3) is 0.688. The summed E-state index contributed by atoms with van der Waals surface area (Å²) >= 11 is 0. The Kier molecular flexibility index (Phi) is 8.85. The molecule has 0 saturated carbocycles. The third-order valence-corrected chi connectivity index (χ3v) is 3.82. The van der Waals surface area contributed by atoms with Gasteiger partial charge in [-0.05, 0) is 44.0 Å². The van der Waals surface area contributed by atoms with E-state index in [2.05, 4.69) is 40.4 Å². The van der Waals surface area contributed by atoms with Crippen LogP contribution >= 0.6 is 24.0 Å². The van der Waals surface area contributed by atoms with Crippen LogP contribution < -0.4 is 10.6 Å². The zero-order valence-corrected chi connectivity index (χ0v) is 16.2. The second-order valence-electron chi connectivity index (χ2n) is 6.00. The molecular weight excluding hydrogens is 391 g/mol. The molecule has 0 bridgehead atoms. The van der Waals surface area contributed by atoms with Gasteiger partial charge in [-0.15, -0.1) is 24.0 Å². The van der Waals surface area contributed by atoms with Gasteiger partial charge in [-0.1, -0.05) is 13.8 Å². The summed E-state index contributed by atoms with van der Waals surface area (Å²) in [6, 6.07) is 4.30. The second-order valence-corrected chi connectivity index (χ2v) is 6.00. The first kappa shape index (κ1) is 19.3. The van der Waals surface area contributed by atoms with Crippen LogP contribution in [0.1, 0.15) is 38.5 Å². The fourth-order valence-corrected chi connectivity index (χ4v) is 2.66. The van der Waals surface area contributed by atoms with Gasteiger partial charge in [-0.3, -0.25) is 9.89 Å². The van der Waals surface area contributed by atoms with Gasteiger partial charge in [0.25, 0.3) is 0 Å². The van der Waals surface area contributed by atoms with Gasteiger partial charge in [0.15, 0.2) is 5.96 Å². The molecule has 0 amide bonds. The quantitative estimate of drug-likeness (QED) is 0.422. The first-order valence-corrected chi connectivity index (χ1v) is 7.92. The fourth-order valence-electron chi connectivity index (χ4n) is 2.66. The zero-order chi connectivity index (χ0) is 15.1. The predicted molar refractivity (Wildman–Crippen MR) is 102 cm³/mol. The number of guanidine groups is 1. The molecule has 1 atom stereocenters. The van der Waals surface area contributed by atoms with Crippen LogP contribution in [-0.4, -0.2) is 44.1 Å². The van der Waals surface area contributed by atoms with E-state index in [4.69, 9.17) is 4.42 Å². The second kappa shape index (κ2) is 10.1. The lowest BCUT2D eigenvalue weighted by molar-refractivity contribution is 0.215. The van der Waals surface area contributed by atoms with Gasteiger partial charge in [0.1, 0.15) is 5.76 Å². The number of halogens is 1. The Morgan fingerprint density at radius 1 is 1.27 bits per heavy atom. The van der Waals surface area contributed by atoms with Crippen LogP contribution in [0.3, 0.4) is 0 Å². The summed E-state index contributed by atoms with van der Waals surface area (Å²) in [5.74, 6) is 2.49. The first-order chi connectivity index (χ1) is 10.2. The average molecular weight is 420 g/mol. The molecule has 1 aromatic heterocycles. The van der Waals surface area contributed by atoms with Gasteiger partial charge in [0.2, 0.25) is 0 Å².